The highest BCUT2D eigenvalue weighted by Gasteiger charge is 2.46. The Morgan fingerprint density at radius 3 is 1.67 bits per heavy atom. The molecule has 1 aromatic rings. The second-order valence-electron chi connectivity index (χ2n) is 11.4. The molecule has 2 saturated carbocycles. The summed E-state index contributed by atoms with van der Waals surface area (Å²) in [5, 5.41) is 11.3. The molecule has 0 heterocycles. The Kier molecular flexibility index (Phi) is 9.22. The van der Waals surface area contributed by atoms with Gasteiger partial charge in [-0.25, -0.2) is 4.39 Å². The highest BCUT2D eigenvalue weighted by Crippen LogP contribution is 2.64. The fraction of sp³-hybridized carbons (Fsp3) is 0.778. The topological polar surface area (TPSA) is 55.8 Å². The van der Waals surface area contributed by atoms with Gasteiger partial charge in [0, 0.05) is 0 Å². The number of aliphatic hydroxyl groups is 1. The molecule has 0 unspecified atom stereocenters. The number of benzene rings is 1. The molecule has 33 heavy (non-hydrogen) atoms. The molecule has 0 radical (unpaired) electrons. The van der Waals surface area contributed by atoms with Crippen molar-refractivity contribution in [3.8, 4) is 0 Å². The van der Waals surface area contributed by atoms with E-state index in [0.29, 0.717) is 29.2 Å². The van der Waals surface area contributed by atoms with Crippen molar-refractivity contribution in [3.63, 3.8) is 0 Å². The third kappa shape index (κ3) is 6.69. The van der Waals surface area contributed by atoms with Gasteiger partial charge in [-0.3, -0.25) is 4.57 Å². The highest BCUT2D eigenvalue weighted by atomic mass is 31.2. The van der Waals surface area contributed by atoms with Crippen LogP contribution in [0.2, 0.25) is 0 Å². The summed E-state index contributed by atoms with van der Waals surface area (Å²) in [7, 11) is -3.96. The van der Waals surface area contributed by atoms with E-state index in [1.807, 2.05) is 0 Å². The molecule has 1 aromatic carbocycles. The van der Waals surface area contributed by atoms with E-state index in [2.05, 4.69) is 41.5 Å². The predicted octanol–water partition coefficient (Wildman–Crippen LogP) is 7.96. The molecule has 4 nitrogen and oxygen atoms in total. The Morgan fingerprint density at radius 2 is 1.27 bits per heavy atom. The number of hydrogen-bond donors (Lipinski definition) is 1. The first-order valence-electron chi connectivity index (χ1n) is 12.9. The second-order valence-corrected chi connectivity index (χ2v) is 13.4. The Labute approximate surface area is 200 Å². The van der Waals surface area contributed by atoms with Gasteiger partial charge in [-0.2, -0.15) is 0 Å². The fourth-order valence-electron chi connectivity index (χ4n) is 5.81. The monoisotopic (exact) mass is 482 g/mol. The normalized spacial score (nSPS) is 32.3. The zero-order valence-corrected chi connectivity index (χ0v) is 22.1. The average Bonchev–Trinajstić information content (AvgIpc) is 2.73. The van der Waals surface area contributed by atoms with Gasteiger partial charge in [0.1, 0.15) is 5.82 Å². The Bertz CT molecular complexity index is 758. The maximum atomic E-state index is 14.5. The minimum atomic E-state index is -3.96. The third-order valence-corrected chi connectivity index (χ3v) is 9.98. The van der Waals surface area contributed by atoms with Crippen molar-refractivity contribution < 1.29 is 23.1 Å². The van der Waals surface area contributed by atoms with E-state index in [1.54, 1.807) is 0 Å². The molecule has 0 bridgehead atoms. The number of rotatable bonds is 8. The number of halogens is 1. The lowest BCUT2D eigenvalue weighted by Gasteiger charge is -2.42. The average molecular weight is 483 g/mol. The maximum absolute atomic E-state index is 14.5. The molecule has 6 heteroatoms. The summed E-state index contributed by atoms with van der Waals surface area (Å²) >= 11 is 0. The molecular weight excluding hydrogens is 438 g/mol. The lowest BCUT2D eigenvalue weighted by atomic mass is 9.75. The summed E-state index contributed by atoms with van der Waals surface area (Å²) in [5.41, 5.74) is 0.370. The molecule has 0 spiro atoms. The van der Waals surface area contributed by atoms with Crippen LogP contribution in [0.15, 0.2) is 24.3 Å². The van der Waals surface area contributed by atoms with E-state index in [0.717, 1.165) is 38.5 Å². The SMILES string of the molecule is CC(C)[C@H]1CC[C@@H](C)C[C@H]1OP(=O)(O[C@@H]1C[C@H](C)CC[C@@H]1C(C)C)[C@H](O)c1ccc(F)cc1. The number of hydrogen-bond acceptors (Lipinski definition) is 4. The fourth-order valence-corrected chi connectivity index (χ4v) is 7.86. The molecule has 0 amide bonds. The lowest BCUT2D eigenvalue weighted by molar-refractivity contribution is -0.0154. The van der Waals surface area contributed by atoms with Crippen molar-refractivity contribution in [3.05, 3.63) is 35.6 Å². The zero-order valence-electron chi connectivity index (χ0n) is 21.2. The molecule has 2 aliphatic rings. The van der Waals surface area contributed by atoms with Gasteiger partial charge < -0.3 is 14.2 Å². The molecule has 188 valence electrons. The third-order valence-electron chi connectivity index (χ3n) is 7.95. The van der Waals surface area contributed by atoms with Crippen LogP contribution in [0.1, 0.15) is 91.5 Å². The van der Waals surface area contributed by atoms with Gasteiger partial charge in [-0.15, -0.1) is 0 Å². The summed E-state index contributed by atoms with van der Waals surface area (Å²) in [5.74, 6) is 0.417. The first-order valence-corrected chi connectivity index (χ1v) is 14.5. The lowest BCUT2D eigenvalue weighted by Crippen LogP contribution is -2.37. The molecule has 3 rings (SSSR count). The standard InChI is InChI=1S/C27H44FO4P/c1-17(2)23-13-7-19(5)15-25(23)31-33(30,27(29)21-9-11-22(28)12-10-21)32-26-16-20(6)8-14-24(26)18(3)4/h9-12,17-20,23-27,29H,7-8,13-16H2,1-6H3/t19-,20-,23-,24-,25-,26-,27+/m1/s1. The van der Waals surface area contributed by atoms with E-state index in [9.17, 15) is 14.1 Å². The highest BCUT2D eigenvalue weighted by molar-refractivity contribution is 7.54. The van der Waals surface area contributed by atoms with Crippen LogP contribution in [0.3, 0.4) is 0 Å². The summed E-state index contributed by atoms with van der Waals surface area (Å²) in [6.45, 7) is 13.1. The van der Waals surface area contributed by atoms with Gasteiger partial charge >= 0.3 is 7.60 Å². The zero-order chi connectivity index (χ0) is 24.3. The summed E-state index contributed by atoms with van der Waals surface area (Å²) in [6.07, 6.45) is 5.45. The van der Waals surface area contributed by atoms with Crippen LogP contribution in [0, 0.1) is 41.3 Å². The van der Waals surface area contributed by atoms with Gasteiger partial charge in [0.2, 0.25) is 0 Å². The Balaban J connectivity index is 1.94. The molecule has 0 aliphatic heterocycles. The van der Waals surface area contributed by atoms with Gasteiger partial charge in [-0.1, -0.05) is 66.5 Å². The minimum Gasteiger partial charge on any atom is -0.376 e. The first kappa shape index (κ1) is 26.9. The van der Waals surface area contributed by atoms with Crippen LogP contribution in [-0.4, -0.2) is 17.3 Å². The van der Waals surface area contributed by atoms with Crippen LogP contribution < -0.4 is 0 Å². The van der Waals surface area contributed by atoms with Gasteiger partial charge in [0.15, 0.2) is 5.85 Å². The molecule has 2 aliphatic carbocycles. The van der Waals surface area contributed by atoms with E-state index in [1.165, 1.54) is 24.3 Å². The predicted molar refractivity (Wildman–Crippen MR) is 131 cm³/mol. The minimum absolute atomic E-state index is 0.229. The van der Waals surface area contributed by atoms with Crippen molar-refractivity contribution >= 4 is 7.60 Å². The van der Waals surface area contributed by atoms with Crippen molar-refractivity contribution in [2.45, 2.75) is 98.1 Å². The van der Waals surface area contributed by atoms with Crippen LogP contribution in [-0.2, 0) is 13.6 Å². The van der Waals surface area contributed by atoms with E-state index in [-0.39, 0.29) is 24.0 Å². The molecule has 1 N–H and O–H groups in total. The van der Waals surface area contributed by atoms with Crippen molar-refractivity contribution in [1.29, 1.82) is 0 Å². The van der Waals surface area contributed by atoms with Crippen LogP contribution in [0.5, 0.6) is 0 Å². The van der Waals surface area contributed by atoms with Crippen molar-refractivity contribution in [2.75, 3.05) is 0 Å². The smallest absolute Gasteiger partial charge is 0.363 e. The van der Waals surface area contributed by atoms with E-state index >= 15 is 0 Å². The summed E-state index contributed by atoms with van der Waals surface area (Å²) in [6, 6.07) is 5.52. The second kappa shape index (κ2) is 11.3. The van der Waals surface area contributed by atoms with Crippen molar-refractivity contribution in [1.82, 2.24) is 0 Å². The summed E-state index contributed by atoms with van der Waals surface area (Å²) in [4.78, 5) is 0. The Hall–Kier alpha value is -0.740. The van der Waals surface area contributed by atoms with Crippen molar-refractivity contribution in [2.24, 2.45) is 35.5 Å². The molecule has 0 saturated heterocycles. The van der Waals surface area contributed by atoms with Crippen LogP contribution >= 0.6 is 7.60 Å². The van der Waals surface area contributed by atoms with Gasteiger partial charge in [0.05, 0.1) is 12.2 Å². The molecular formula is C27H44FO4P. The summed E-state index contributed by atoms with van der Waals surface area (Å²) < 4.78 is 40.9. The van der Waals surface area contributed by atoms with Gasteiger partial charge in [-0.05, 0) is 78.9 Å². The van der Waals surface area contributed by atoms with Crippen LogP contribution in [0.4, 0.5) is 4.39 Å². The largest absolute Gasteiger partial charge is 0.376 e. The van der Waals surface area contributed by atoms with E-state index < -0.39 is 19.3 Å². The van der Waals surface area contributed by atoms with Gasteiger partial charge in [0.25, 0.3) is 0 Å². The Morgan fingerprint density at radius 1 is 0.848 bits per heavy atom. The maximum Gasteiger partial charge on any atom is 0.363 e. The molecule has 2 fully saturated rings. The first-order chi connectivity index (χ1) is 15.5. The number of aliphatic hydroxyl groups excluding tert-OH is 1. The molecule has 7 atom stereocenters. The van der Waals surface area contributed by atoms with E-state index in [4.69, 9.17) is 9.05 Å². The van der Waals surface area contributed by atoms with Crippen LogP contribution in [0.25, 0.3) is 0 Å². The molecule has 0 aromatic heterocycles. The quantitative estimate of drug-likeness (QED) is 0.382.